The summed E-state index contributed by atoms with van der Waals surface area (Å²) in [6, 6.07) is 14.1. The molecule has 0 saturated heterocycles. The molecule has 0 atom stereocenters. The molecule has 3 rings (SSSR count). The number of benzene rings is 2. The highest BCUT2D eigenvalue weighted by molar-refractivity contribution is 7.90. The van der Waals surface area contributed by atoms with Crippen molar-refractivity contribution in [1.82, 2.24) is 4.98 Å². The van der Waals surface area contributed by atoms with Crippen molar-refractivity contribution < 1.29 is 17.9 Å². The van der Waals surface area contributed by atoms with Crippen LogP contribution in [0.2, 0.25) is 5.02 Å². The Bertz CT molecular complexity index is 1030. The number of aromatic nitrogens is 1. The quantitative estimate of drug-likeness (QED) is 0.399. The predicted octanol–water partition coefficient (Wildman–Crippen LogP) is 4.91. The Morgan fingerprint density at radius 3 is 2.44 bits per heavy atom. The third-order valence-corrected chi connectivity index (χ3v) is 6.31. The summed E-state index contributed by atoms with van der Waals surface area (Å²) < 4.78 is 34.3. The topological polar surface area (TPSA) is 65.5 Å². The standard InChI is InChI=1S/C19H18ClNO4S2/c1-3-24-12-25-18-17(13-8-10-14(11-9-13)27(2,22)23)26-19(21-18)15-6-4-5-7-16(15)20/h4-11H,3,12H2,1-2H3. The van der Waals surface area contributed by atoms with Gasteiger partial charge in [0.25, 0.3) is 0 Å². The Hall–Kier alpha value is -1.93. The van der Waals surface area contributed by atoms with Crippen LogP contribution in [-0.2, 0) is 14.6 Å². The normalized spacial score (nSPS) is 11.5. The Morgan fingerprint density at radius 2 is 1.81 bits per heavy atom. The van der Waals surface area contributed by atoms with Gasteiger partial charge in [-0.15, -0.1) is 11.3 Å². The van der Waals surface area contributed by atoms with E-state index in [2.05, 4.69) is 4.98 Å². The van der Waals surface area contributed by atoms with E-state index in [0.29, 0.717) is 22.5 Å². The summed E-state index contributed by atoms with van der Waals surface area (Å²) in [5, 5.41) is 1.32. The van der Waals surface area contributed by atoms with E-state index in [1.807, 2.05) is 25.1 Å². The number of halogens is 1. The van der Waals surface area contributed by atoms with E-state index in [1.54, 1.807) is 30.3 Å². The van der Waals surface area contributed by atoms with E-state index in [4.69, 9.17) is 21.1 Å². The predicted molar refractivity (Wildman–Crippen MR) is 108 cm³/mol. The first kappa shape index (κ1) is 19.8. The Balaban J connectivity index is 2.03. The molecule has 0 N–H and O–H groups in total. The zero-order valence-electron chi connectivity index (χ0n) is 14.8. The zero-order chi connectivity index (χ0) is 19.4. The lowest BCUT2D eigenvalue weighted by Gasteiger charge is -2.06. The number of hydrogen-bond acceptors (Lipinski definition) is 6. The third-order valence-electron chi connectivity index (χ3n) is 3.73. The van der Waals surface area contributed by atoms with Gasteiger partial charge in [0.1, 0.15) is 5.01 Å². The van der Waals surface area contributed by atoms with Crippen molar-refractivity contribution in [1.29, 1.82) is 0 Å². The van der Waals surface area contributed by atoms with Crippen LogP contribution < -0.4 is 4.74 Å². The summed E-state index contributed by atoms with van der Waals surface area (Å²) >= 11 is 7.72. The Kier molecular flexibility index (Phi) is 6.16. The first-order valence-corrected chi connectivity index (χ1v) is 11.3. The molecule has 5 nitrogen and oxygen atoms in total. The minimum absolute atomic E-state index is 0.0800. The second kappa shape index (κ2) is 8.39. The molecule has 0 aliphatic carbocycles. The number of rotatable bonds is 7. The summed E-state index contributed by atoms with van der Waals surface area (Å²) in [7, 11) is -3.25. The smallest absolute Gasteiger partial charge is 0.235 e. The minimum Gasteiger partial charge on any atom is -0.449 e. The van der Waals surface area contributed by atoms with Crippen molar-refractivity contribution in [2.24, 2.45) is 0 Å². The maximum atomic E-state index is 11.7. The summed E-state index contributed by atoms with van der Waals surface area (Å²) in [6.07, 6.45) is 1.18. The molecule has 0 radical (unpaired) electrons. The van der Waals surface area contributed by atoms with Gasteiger partial charge < -0.3 is 9.47 Å². The van der Waals surface area contributed by atoms with Gasteiger partial charge in [0, 0.05) is 18.4 Å². The van der Waals surface area contributed by atoms with Gasteiger partial charge in [-0.25, -0.2) is 13.4 Å². The fraction of sp³-hybridized carbons (Fsp3) is 0.211. The average Bonchev–Trinajstić information content (AvgIpc) is 3.06. The summed E-state index contributed by atoms with van der Waals surface area (Å²) in [5.74, 6) is 0.426. The van der Waals surface area contributed by atoms with Crippen LogP contribution in [0.4, 0.5) is 0 Å². The molecule has 0 bridgehead atoms. The lowest BCUT2D eigenvalue weighted by atomic mass is 10.2. The SMILES string of the molecule is CCOCOc1nc(-c2ccccc2Cl)sc1-c1ccc(S(C)(=O)=O)cc1. The van der Waals surface area contributed by atoms with Crippen molar-refractivity contribution in [2.75, 3.05) is 19.7 Å². The molecule has 142 valence electrons. The second-order valence-electron chi connectivity index (χ2n) is 5.68. The molecule has 0 unspecified atom stereocenters. The molecule has 27 heavy (non-hydrogen) atoms. The highest BCUT2D eigenvalue weighted by Crippen LogP contribution is 2.41. The summed E-state index contributed by atoms with van der Waals surface area (Å²) in [6.45, 7) is 2.49. The number of thiazole rings is 1. The van der Waals surface area contributed by atoms with Gasteiger partial charge in [0.15, 0.2) is 16.6 Å². The molecule has 0 spiro atoms. The number of ether oxygens (including phenoxy) is 2. The molecular formula is C19H18ClNO4S2. The Morgan fingerprint density at radius 1 is 1.11 bits per heavy atom. The average molecular weight is 424 g/mol. The van der Waals surface area contributed by atoms with Crippen LogP contribution in [-0.4, -0.2) is 33.1 Å². The highest BCUT2D eigenvalue weighted by Gasteiger charge is 2.18. The van der Waals surface area contributed by atoms with E-state index in [1.165, 1.54) is 17.6 Å². The van der Waals surface area contributed by atoms with Crippen LogP contribution in [0, 0.1) is 0 Å². The van der Waals surface area contributed by atoms with Crippen LogP contribution in [0.5, 0.6) is 5.88 Å². The van der Waals surface area contributed by atoms with Gasteiger partial charge in [0.05, 0.1) is 14.8 Å². The molecule has 1 heterocycles. The molecule has 0 amide bonds. The highest BCUT2D eigenvalue weighted by atomic mass is 35.5. The maximum absolute atomic E-state index is 11.7. The summed E-state index contributed by atoms with van der Waals surface area (Å²) in [4.78, 5) is 5.62. The molecular weight excluding hydrogens is 406 g/mol. The van der Waals surface area contributed by atoms with Crippen molar-refractivity contribution in [3.8, 4) is 26.9 Å². The van der Waals surface area contributed by atoms with Crippen molar-refractivity contribution in [3.05, 3.63) is 53.6 Å². The molecule has 0 aliphatic heterocycles. The largest absolute Gasteiger partial charge is 0.449 e. The van der Waals surface area contributed by atoms with Gasteiger partial charge >= 0.3 is 0 Å². The van der Waals surface area contributed by atoms with E-state index in [-0.39, 0.29) is 11.7 Å². The van der Waals surface area contributed by atoms with Gasteiger partial charge in [-0.2, -0.15) is 0 Å². The monoisotopic (exact) mass is 423 g/mol. The van der Waals surface area contributed by atoms with E-state index in [9.17, 15) is 8.42 Å². The number of nitrogens with zero attached hydrogens (tertiary/aromatic N) is 1. The minimum atomic E-state index is -3.25. The molecule has 2 aromatic carbocycles. The van der Waals surface area contributed by atoms with E-state index >= 15 is 0 Å². The van der Waals surface area contributed by atoms with Crippen LogP contribution in [0.3, 0.4) is 0 Å². The summed E-state index contributed by atoms with van der Waals surface area (Å²) in [5.41, 5.74) is 1.62. The van der Waals surface area contributed by atoms with Crippen molar-refractivity contribution in [2.45, 2.75) is 11.8 Å². The lowest BCUT2D eigenvalue weighted by Crippen LogP contribution is -2.03. The Labute approximate surface area is 167 Å². The van der Waals surface area contributed by atoms with Gasteiger partial charge in [-0.1, -0.05) is 41.9 Å². The molecule has 3 aromatic rings. The fourth-order valence-electron chi connectivity index (χ4n) is 2.37. The molecule has 0 fully saturated rings. The fourth-order valence-corrected chi connectivity index (χ4v) is 4.34. The van der Waals surface area contributed by atoms with Gasteiger partial charge in [-0.05, 0) is 30.7 Å². The molecule has 0 saturated carbocycles. The molecule has 8 heteroatoms. The lowest BCUT2D eigenvalue weighted by molar-refractivity contribution is 0.0204. The van der Waals surface area contributed by atoms with Crippen LogP contribution in [0.15, 0.2) is 53.4 Å². The third kappa shape index (κ3) is 4.68. The van der Waals surface area contributed by atoms with E-state index < -0.39 is 9.84 Å². The number of sulfone groups is 1. The first-order valence-electron chi connectivity index (χ1n) is 8.17. The number of hydrogen-bond donors (Lipinski definition) is 0. The molecule has 0 aliphatic rings. The second-order valence-corrected chi connectivity index (χ2v) is 9.11. The van der Waals surface area contributed by atoms with Gasteiger partial charge in [0.2, 0.25) is 5.88 Å². The van der Waals surface area contributed by atoms with Crippen LogP contribution in [0.25, 0.3) is 21.0 Å². The first-order chi connectivity index (χ1) is 12.9. The van der Waals surface area contributed by atoms with E-state index in [0.717, 1.165) is 16.0 Å². The molecule has 1 aromatic heterocycles. The van der Waals surface area contributed by atoms with Crippen LogP contribution in [0.1, 0.15) is 6.92 Å². The zero-order valence-corrected chi connectivity index (χ0v) is 17.2. The van der Waals surface area contributed by atoms with Gasteiger partial charge in [-0.3, -0.25) is 0 Å². The van der Waals surface area contributed by atoms with Crippen molar-refractivity contribution >= 4 is 32.8 Å². The maximum Gasteiger partial charge on any atom is 0.235 e. The van der Waals surface area contributed by atoms with Crippen molar-refractivity contribution in [3.63, 3.8) is 0 Å². The van der Waals surface area contributed by atoms with Crippen LogP contribution >= 0.6 is 22.9 Å².